The molecule has 0 fully saturated rings. The highest BCUT2D eigenvalue weighted by atomic mass is 32.1. The van der Waals surface area contributed by atoms with Gasteiger partial charge in [0.2, 0.25) is 0 Å². The molecule has 2 aromatic heterocycles. The average molecular weight is 397 g/mol. The molecule has 1 N–H and O–H groups in total. The van der Waals surface area contributed by atoms with Gasteiger partial charge in [0.1, 0.15) is 28.8 Å². The van der Waals surface area contributed by atoms with E-state index in [4.69, 9.17) is 9.47 Å². The first kappa shape index (κ1) is 18.0. The molecule has 142 valence electrons. The molecule has 0 atom stereocenters. The fraction of sp³-hybridized carbons (Fsp3) is 0.100. The Balaban J connectivity index is 1.53. The van der Waals surface area contributed by atoms with Gasteiger partial charge in [-0.1, -0.05) is 0 Å². The second kappa shape index (κ2) is 7.69. The number of fused-ring (bicyclic) bond motifs is 1. The predicted molar refractivity (Wildman–Crippen MR) is 106 cm³/mol. The van der Waals surface area contributed by atoms with Gasteiger partial charge in [0.05, 0.1) is 7.11 Å². The summed E-state index contributed by atoms with van der Waals surface area (Å²) in [6, 6.07) is 13.0. The number of carbonyl (C=O) groups is 1. The molecule has 0 aliphatic heterocycles. The molecule has 0 bridgehead atoms. The lowest BCUT2D eigenvalue weighted by molar-refractivity contribution is -0.118. The number of methoxy groups -OCH3 is 1. The monoisotopic (exact) mass is 397 g/mol. The van der Waals surface area contributed by atoms with Crippen molar-refractivity contribution in [2.45, 2.75) is 0 Å². The van der Waals surface area contributed by atoms with E-state index >= 15 is 0 Å². The van der Waals surface area contributed by atoms with Gasteiger partial charge < -0.3 is 14.8 Å². The molecule has 0 spiro atoms. The molecular formula is C20H16FN3O3S. The molecule has 1 amide bonds. The second-order valence-electron chi connectivity index (χ2n) is 5.88. The maximum absolute atomic E-state index is 13.2. The number of thiazole rings is 1. The second-order valence-corrected chi connectivity index (χ2v) is 6.76. The Hall–Kier alpha value is -3.39. The summed E-state index contributed by atoms with van der Waals surface area (Å²) in [6.07, 6.45) is 1.82. The summed E-state index contributed by atoms with van der Waals surface area (Å²) in [5.74, 6) is 1.13. The van der Waals surface area contributed by atoms with E-state index in [9.17, 15) is 9.18 Å². The number of rotatable bonds is 6. The smallest absolute Gasteiger partial charge is 0.263 e. The summed E-state index contributed by atoms with van der Waals surface area (Å²) in [6.45, 7) is -0.160. The van der Waals surface area contributed by atoms with Crippen molar-refractivity contribution in [2.75, 3.05) is 19.0 Å². The van der Waals surface area contributed by atoms with Gasteiger partial charge in [-0.3, -0.25) is 9.20 Å². The third-order valence-corrected chi connectivity index (χ3v) is 4.82. The van der Waals surface area contributed by atoms with Crippen LogP contribution in [0.4, 0.5) is 10.2 Å². The normalized spacial score (nSPS) is 10.8. The molecule has 0 saturated carbocycles. The molecule has 2 aromatic carbocycles. The number of imidazole rings is 1. The average Bonchev–Trinajstić information content (AvgIpc) is 3.30. The fourth-order valence-corrected chi connectivity index (χ4v) is 3.42. The van der Waals surface area contributed by atoms with E-state index in [0.717, 1.165) is 4.96 Å². The number of halogens is 1. The Bertz CT molecular complexity index is 1100. The standard InChI is InChI=1S/C20H16FN3O3S/c1-26-15-6-8-16(9-7-15)27-12-17(25)22-19-18(13-2-4-14(21)5-3-13)23-20-24(19)10-11-28-20/h2-11H,12H2,1H3,(H,22,25). The number of ether oxygens (including phenoxy) is 2. The molecule has 2 heterocycles. The van der Waals surface area contributed by atoms with Gasteiger partial charge in [0.25, 0.3) is 5.91 Å². The number of aromatic nitrogens is 2. The summed E-state index contributed by atoms with van der Waals surface area (Å²) in [4.78, 5) is 17.7. The third-order valence-electron chi connectivity index (χ3n) is 4.07. The van der Waals surface area contributed by atoms with E-state index in [-0.39, 0.29) is 18.3 Å². The van der Waals surface area contributed by atoms with Crippen molar-refractivity contribution < 1.29 is 18.7 Å². The zero-order valence-corrected chi connectivity index (χ0v) is 15.7. The van der Waals surface area contributed by atoms with Crippen LogP contribution < -0.4 is 14.8 Å². The largest absolute Gasteiger partial charge is 0.497 e. The number of nitrogens with zero attached hydrogens (tertiary/aromatic N) is 2. The molecule has 4 rings (SSSR count). The van der Waals surface area contributed by atoms with E-state index < -0.39 is 0 Å². The lowest BCUT2D eigenvalue weighted by Crippen LogP contribution is -2.21. The molecule has 0 unspecified atom stereocenters. The van der Waals surface area contributed by atoms with Crippen LogP contribution in [0.5, 0.6) is 11.5 Å². The third kappa shape index (κ3) is 3.67. The molecule has 0 saturated heterocycles. The van der Waals surface area contributed by atoms with Crippen LogP contribution in [0.1, 0.15) is 0 Å². The maximum atomic E-state index is 13.2. The zero-order valence-electron chi connectivity index (χ0n) is 14.9. The minimum Gasteiger partial charge on any atom is -0.497 e. The van der Waals surface area contributed by atoms with E-state index in [1.165, 1.54) is 23.5 Å². The van der Waals surface area contributed by atoms with Gasteiger partial charge in [-0.15, -0.1) is 11.3 Å². The van der Waals surface area contributed by atoms with Crippen molar-refractivity contribution in [2.24, 2.45) is 0 Å². The summed E-state index contributed by atoms with van der Waals surface area (Å²) in [5, 5.41) is 4.73. The Morgan fingerprint density at radius 2 is 1.86 bits per heavy atom. The minimum absolute atomic E-state index is 0.160. The van der Waals surface area contributed by atoms with Gasteiger partial charge in [0, 0.05) is 17.1 Å². The maximum Gasteiger partial charge on any atom is 0.263 e. The molecule has 28 heavy (non-hydrogen) atoms. The van der Waals surface area contributed by atoms with Gasteiger partial charge >= 0.3 is 0 Å². The summed E-state index contributed by atoms with van der Waals surface area (Å²) >= 11 is 1.44. The number of carbonyl (C=O) groups excluding carboxylic acids is 1. The van der Waals surface area contributed by atoms with Crippen molar-refractivity contribution in [3.8, 4) is 22.8 Å². The molecule has 0 aliphatic rings. The Morgan fingerprint density at radius 3 is 2.57 bits per heavy atom. The van der Waals surface area contributed by atoms with Crippen LogP contribution in [0.15, 0.2) is 60.1 Å². The number of anilines is 1. The van der Waals surface area contributed by atoms with Crippen LogP contribution in [0.25, 0.3) is 16.2 Å². The van der Waals surface area contributed by atoms with Crippen molar-refractivity contribution in [1.29, 1.82) is 0 Å². The quantitative estimate of drug-likeness (QED) is 0.529. The highest BCUT2D eigenvalue weighted by Gasteiger charge is 2.17. The van der Waals surface area contributed by atoms with Crippen molar-refractivity contribution >= 4 is 28.0 Å². The molecular weight excluding hydrogens is 381 g/mol. The Labute approximate surface area is 164 Å². The van der Waals surface area contributed by atoms with Gasteiger partial charge in [-0.05, 0) is 48.5 Å². The lowest BCUT2D eigenvalue weighted by Gasteiger charge is -2.09. The van der Waals surface area contributed by atoms with E-state index in [1.807, 2.05) is 11.6 Å². The highest BCUT2D eigenvalue weighted by molar-refractivity contribution is 7.15. The number of nitrogens with one attached hydrogen (secondary N) is 1. The number of hydrogen-bond donors (Lipinski definition) is 1. The Kier molecular flexibility index (Phi) is 4.94. The molecule has 6 nitrogen and oxygen atoms in total. The van der Waals surface area contributed by atoms with Crippen LogP contribution in [0.2, 0.25) is 0 Å². The molecule has 8 heteroatoms. The SMILES string of the molecule is COc1ccc(OCC(=O)Nc2c(-c3ccc(F)cc3)nc3sccn23)cc1. The lowest BCUT2D eigenvalue weighted by atomic mass is 10.1. The predicted octanol–water partition coefficient (Wildman–Crippen LogP) is 4.23. The van der Waals surface area contributed by atoms with Gasteiger partial charge in [0.15, 0.2) is 11.6 Å². The van der Waals surface area contributed by atoms with E-state index in [1.54, 1.807) is 47.9 Å². The first-order chi connectivity index (χ1) is 13.6. The van der Waals surface area contributed by atoms with Crippen molar-refractivity contribution in [1.82, 2.24) is 9.38 Å². The van der Waals surface area contributed by atoms with Crippen LogP contribution in [0, 0.1) is 5.82 Å². The number of benzene rings is 2. The number of hydrogen-bond acceptors (Lipinski definition) is 5. The number of amides is 1. The zero-order chi connectivity index (χ0) is 19.5. The van der Waals surface area contributed by atoms with Crippen LogP contribution in [-0.4, -0.2) is 29.0 Å². The summed E-state index contributed by atoms with van der Waals surface area (Å²) < 4.78 is 25.7. The van der Waals surface area contributed by atoms with Gasteiger partial charge in [-0.2, -0.15) is 0 Å². The first-order valence-corrected chi connectivity index (χ1v) is 9.30. The molecule has 0 radical (unpaired) electrons. The molecule has 0 aliphatic carbocycles. The van der Waals surface area contributed by atoms with Gasteiger partial charge in [-0.25, -0.2) is 9.37 Å². The van der Waals surface area contributed by atoms with Crippen molar-refractivity contribution in [3.63, 3.8) is 0 Å². The van der Waals surface area contributed by atoms with Crippen molar-refractivity contribution in [3.05, 3.63) is 65.9 Å². The van der Waals surface area contributed by atoms with Crippen LogP contribution in [0.3, 0.4) is 0 Å². The first-order valence-electron chi connectivity index (χ1n) is 8.42. The molecule has 4 aromatic rings. The Morgan fingerprint density at radius 1 is 1.14 bits per heavy atom. The fourth-order valence-electron chi connectivity index (χ4n) is 2.70. The highest BCUT2D eigenvalue weighted by Crippen LogP contribution is 2.30. The minimum atomic E-state index is -0.330. The van der Waals surface area contributed by atoms with E-state index in [0.29, 0.717) is 28.6 Å². The summed E-state index contributed by atoms with van der Waals surface area (Å²) in [5.41, 5.74) is 1.29. The van der Waals surface area contributed by atoms with E-state index in [2.05, 4.69) is 10.3 Å². The topological polar surface area (TPSA) is 64.9 Å². The van der Waals surface area contributed by atoms with Crippen LogP contribution >= 0.6 is 11.3 Å². The summed E-state index contributed by atoms with van der Waals surface area (Å²) in [7, 11) is 1.58. The van der Waals surface area contributed by atoms with Crippen LogP contribution in [-0.2, 0) is 4.79 Å².